The highest BCUT2D eigenvalue weighted by molar-refractivity contribution is 6.29. The molecule has 0 spiro atoms. The van der Waals surface area contributed by atoms with Gasteiger partial charge in [-0.05, 0) is 0 Å². The van der Waals surface area contributed by atoms with Crippen molar-refractivity contribution < 1.29 is 4.39 Å². The van der Waals surface area contributed by atoms with E-state index in [0.29, 0.717) is 0 Å². The summed E-state index contributed by atoms with van der Waals surface area (Å²) >= 11 is 5.21. The molecule has 8 heavy (non-hydrogen) atoms. The predicted molar refractivity (Wildman–Crippen MR) is 25.8 cm³/mol. The van der Waals surface area contributed by atoms with Crippen LogP contribution in [0.2, 0.25) is 5.15 Å². The maximum Gasteiger partial charge on any atom is 0.242 e. The average Bonchev–Trinajstić information content (AvgIpc) is 1.64. The third kappa shape index (κ3) is 1.13. The first-order valence-corrected chi connectivity index (χ1v) is 2.22. The maximum atomic E-state index is 11.9. The molecule has 0 bridgehead atoms. The summed E-state index contributed by atoms with van der Waals surface area (Å²) in [6.07, 6.45) is 3.17. The van der Waals surface area contributed by atoms with Crippen molar-refractivity contribution in [3.8, 4) is 0 Å². The summed E-state index contributed by atoms with van der Waals surface area (Å²) in [5, 5.41) is 0.0428. The van der Waals surface area contributed by atoms with Crippen molar-refractivity contribution in [2.45, 2.75) is 0 Å². The van der Waals surface area contributed by atoms with Crippen LogP contribution in [-0.4, -0.2) is 9.97 Å². The van der Waals surface area contributed by atoms with Crippen LogP contribution in [0.3, 0.4) is 0 Å². The monoisotopic (exact) mass is 131 g/mol. The number of rotatable bonds is 0. The van der Waals surface area contributed by atoms with E-state index in [0.717, 1.165) is 0 Å². The van der Waals surface area contributed by atoms with Crippen LogP contribution < -0.4 is 0 Å². The molecule has 0 atom stereocenters. The van der Waals surface area contributed by atoms with Gasteiger partial charge in [-0.1, -0.05) is 11.6 Å². The van der Waals surface area contributed by atoms with Gasteiger partial charge in [0.05, 0.1) is 6.20 Å². The van der Waals surface area contributed by atoms with Gasteiger partial charge in [0.25, 0.3) is 0 Å². The van der Waals surface area contributed by atoms with Crippen LogP contribution in [0, 0.1) is 12.1 Å². The summed E-state index contributed by atoms with van der Waals surface area (Å²) in [5.74, 6) is -0.780. The van der Waals surface area contributed by atoms with Crippen LogP contribution in [-0.2, 0) is 0 Å². The van der Waals surface area contributed by atoms with Crippen LogP contribution >= 0.6 is 11.6 Å². The Kier molecular flexibility index (Phi) is 1.39. The first kappa shape index (κ1) is 5.44. The predicted octanol–water partition coefficient (Wildman–Crippen LogP) is 1.07. The molecule has 0 aliphatic heterocycles. The number of hydrogen-bond donors (Lipinski definition) is 0. The fourth-order valence-electron chi connectivity index (χ4n) is 0.286. The van der Waals surface area contributed by atoms with Gasteiger partial charge in [0.15, 0.2) is 5.15 Å². The number of halogens is 2. The minimum atomic E-state index is -0.780. The van der Waals surface area contributed by atoms with Crippen LogP contribution in [0.1, 0.15) is 0 Å². The highest BCUT2D eigenvalue weighted by Gasteiger charge is 1.90. The van der Waals surface area contributed by atoms with Crippen molar-refractivity contribution in [2.75, 3.05) is 0 Å². The molecule has 4 heteroatoms. The highest BCUT2D eigenvalue weighted by Crippen LogP contribution is 1.98. The van der Waals surface area contributed by atoms with E-state index >= 15 is 0 Å². The normalized spacial score (nSPS) is 9.25. The Hall–Kier alpha value is -0.700. The third-order valence-electron chi connectivity index (χ3n) is 0.533. The fourth-order valence-corrected chi connectivity index (χ4v) is 0.409. The first-order valence-electron chi connectivity index (χ1n) is 1.85. The molecule has 0 unspecified atom stereocenters. The van der Waals surface area contributed by atoms with E-state index < -0.39 is 5.95 Å². The van der Waals surface area contributed by atoms with E-state index in [1.165, 1.54) is 6.20 Å². The summed E-state index contributed by atoms with van der Waals surface area (Å²) in [5.41, 5.74) is 0. The van der Waals surface area contributed by atoms with Crippen LogP contribution in [0.15, 0.2) is 6.20 Å². The summed E-state index contributed by atoms with van der Waals surface area (Å²) in [7, 11) is 0. The molecular weight excluding hydrogens is 131 g/mol. The lowest BCUT2D eigenvalue weighted by Crippen LogP contribution is -1.83. The van der Waals surface area contributed by atoms with Crippen LogP contribution in [0.25, 0.3) is 0 Å². The van der Waals surface area contributed by atoms with Crippen molar-refractivity contribution in [3.63, 3.8) is 0 Å². The fraction of sp³-hybridized carbons (Fsp3) is 0. The van der Waals surface area contributed by atoms with E-state index in [2.05, 4.69) is 9.97 Å². The lowest BCUT2D eigenvalue weighted by molar-refractivity contribution is 0.574. The molecule has 0 amide bonds. The van der Waals surface area contributed by atoms with Gasteiger partial charge in [-0.15, -0.1) is 0 Å². The van der Waals surface area contributed by atoms with Crippen molar-refractivity contribution in [1.29, 1.82) is 0 Å². The zero-order valence-electron chi connectivity index (χ0n) is 3.73. The molecule has 0 fully saturated rings. The Bertz CT molecular complexity index is 174. The Morgan fingerprint density at radius 2 is 2.50 bits per heavy atom. The Morgan fingerprint density at radius 1 is 1.75 bits per heavy atom. The summed E-state index contributed by atoms with van der Waals surface area (Å²) in [4.78, 5) is 6.44. The van der Waals surface area contributed by atoms with Gasteiger partial charge in [0.1, 0.15) is 6.20 Å². The van der Waals surface area contributed by atoms with Crippen LogP contribution in [0.4, 0.5) is 4.39 Å². The Labute approximate surface area is 50.3 Å². The first-order chi connectivity index (χ1) is 3.79. The van der Waals surface area contributed by atoms with E-state index in [9.17, 15) is 4.39 Å². The topological polar surface area (TPSA) is 25.8 Å². The molecule has 1 aromatic heterocycles. The van der Waals surface area contributed by atoms with Crippen molar-refractivity contribution >= 4 is 11.6 Å². The lowest BCUT2D eigenvalue weighted by Gasteiger charge is -1.83. The molecule has 0 aliphatic carbocycles. The van der Waals surface area contributed by atoms with Gasteiger partial charge in [-0.3, -0.25) is 0 Å². The Morgan fingerprint density at radius 3 is 2.88 bits per heavy atom. The van der Waals surface area contributed by atoms with E-state index in [1.54, 1.807) is 0 Å². The third-order valence-corrected chi connectivity index (χ3v) is 0.715. The molecule has 0 saturated heterocycles. The van der Waals surface area contributed by atoms with Gasteiger partial charge in [-0.2, -0.15) is 4.39 Å². The van der Waals surface area contributed by atoms with Crippen molar-refractivity contribution in [3.05, 3.63) is 23.5 Å². The van der Waals surface area contributed by atoms with Gasteiger partial charge in [0.2, 0.25) is 5.95 Å². The van der Waals surface area contributed by atoms with E-state index in [-0.39, 0.29) is 5.15 Å². The van der Waals surface area contributed by atoms with Crippen molar-refractivity contribution in [2.24, 2.45) is 0 Å². The molecule has 0 saturated carbocycles. The second kappa shape index (κ2) is 2.05. The molecule has 1 aromatic rings. The number of nitrogens with zero attached hydrogens (tertiary/aromatic N) is 2. The molecule has 1 rings (SSSR count). The molecule has 2 nitrogen and oxygen atoms in total. The molecule has 0 N–H and O–H groups in total. The minimum Gasteiger partial charge on any atom is -0.246 e. The second-order valence-electron chi connectivity index (χ2n) is 1.10. The maximum absolute atomic E-state index is 11.9. The molecular formula is C4HClFN2. The molecule has 41 valence electrons. The number of aromatic nitrogens is 2. The SMILES string of the molecule is Fc1[c]ncc(Cl)n1. The van der Waals surface area contributed by atoms with Gasteiger partial charge >= 0.3 is 0 Å². The average molecular weight is 132 g/mol. The largest absolute Gasteiger partial charge is 0.246 e. The van der Waals surface area contributed by atoms with Gasteiger partial charge < -0.3 is 0 Å². The van der Waals surface area contributed by atoms with E-state index in [1.807, 2.05) is 6.20 Å². The lowest BCUT2D eigenvalue weighted by atomic mass is 10.7. The molecule has 1 heterocycles. The van der Waals surface area contributed by atoms with E-state index in [4.69, 9.17) is 11.6 Å². The number of hydrogen-bond acceptors (Lipinski definition) is 2. The minimum absolute atomic E-state index is 0.0428. The summed E-state index contributed by atoms with van der Waals surface area (Å²) in [6.45, 7) is 0. The van der Waals surface area contributed by atoms with Gasteiger partial charge in [0, 0.05) is 0 Å². The molecule has 1 radical (unpaired) electrons. The second-order valence-corrected chi connectivity index (χ2v) is 1.48. The Balaban J connectivity index is 3.08. The molecule has 0 aromatic carbocycles. The zero-order valence-corrected chi connectivity index (χ0v) is 4.48. The standard InChI is InChI=1S/C4HClFN2/c5-3-1-7-2-4(6)8-3/h1H. The zero-order chi connectivity index (χ0) is 5.98. The smallest absolute Gasteiger partial charge is 0.242 e. The van der Waals surface area contributed by atoms with Gasteiger partial charge in [-0.25, -0.2) is 9.97 Å². The quantitative estimate of drug-likeness (QED) is 0.526. The summed E-state index contributed by atoms with van der Waals surface area (Å²) in [6, 6.07) is 0. The highest BCUT2D eigenvalue weighted by atomic mass is 35.5. The van der Waals surface area contributed by atoms with Crippen LogP contribution in [0.5, 0.6) is 0 Å². The molecule has 0 aliphatic rings. The summed E-state index contributed by atoms with van der Waals surface area (Å²) < 4.78 is 11.9. The van der Waals surface area contributed by atoms with Crippen molar-refractivity contribution in [1.82, 2.24) is 9.97 Å².